The number of carbonyl (C=O) groups is 1. The van der Waals surface area contributed by atoms with Gasteiger partial charge < -0.3 is 5.32 Å². The van der Waals surface area contributed by atoms with Gasteiger partial charge in [-0.15, -0.1) is 0 Å². The standard InChI is InChI=1S/C22H14ClF2N3O2S/c23-17-11-14(25)7-10-19(17)26-20(29)12-31-22-27-18-4-2-1-3-16(18)21(30)28(22)15-8-5-13(24)6-9-15/h1-11H,12H2,(H,26,29). The maximum atomic E-state index is 13.4. The largest absolute Gasteiger partial charge is 0.324 e. The summed E-state index contributed by atoms with van der Waals surface area (Å²) in [7, 11) is 0. The molecule has 1 heterocycles. The first-order valence-electron chi connectivity index (χ1n) is 9.08. The number of carbonyl (C=O) groups excluding carboxylic acids is 1. The van der Waals surface area contributed by atoms with Gasteiger partial charge in [-0.3, -0.25) is 14.2 Å². The van der Waals surface area contributed by atoms with Crippen LogP contribution in [0.3, 0.4) is 0 Å². The minimum atomic E-state index is -0.513. The van der Waals surface area contributed by atoms with Crippen molar-refractivity contribution in [1.82, 2.24) is 9.55 Å². The molecular weight excluding hydrogens is 444 g/mol. The molecule has 1 aromatic heterocycles. The van der Waals surface area contributed by atoms with Crippen molar-refractivity contribution < 1.29 is 13.6 Å². The molecule has 0 unspecified atom stereocenters. The lowest BCUT2D eigenvalue weighted by Gasteiger charge is -2.13. The molecule has 1 amide bonds. The average molecular weight is 458 g/mol. The van der Waals surface area contributed by atoms with Crippen molar-refractivity contribution in [2.75, 3.05) is 11.1 Å². The van der Waals surface area contributed by atoms with E-state index in [1.807, 2.05) is 0 Å². The smallest absolute Gasteiger partial charge is 0.266 e. The van der Waals surface area contributed by atoms with Gasteiger partial charge >= 0.3 is 0 Å². The summed E-state index contributed by atoms with van der Waals surface area (Å²) in [4.78, 5) is 30.0. The highest BCUT2D eigenvalue weighted by Gasteiger charge is 2.15. The normalized spacial score (nSPS) is 10.9. The van der Waals surface area contributed by atoms with Gasteiger partial charge in [0.1, 0.15) is 11.6 Å². The molecule has 9 heteroatoms. The zero-order chi connectivity index (χ0) is 22.0. The minimum absolute atomic E-state index is 0.0744. The van der Waals surface area contributed by atoms with Crippen LogP contribution >= 0.6 is 23.4 Å². The molecule has 1 N–H and O–H groups in total. The van der Waals surface area contributed by atoms with Crippen LogP contribution in [-0.2, 0) is 4.79 Å². The van der Waals surface area contributed by atoms with Crippen LogP contribution in [0.15, 0.2) is 76.7 Å². The van der Waals surface area contributed by atoms with Crippen molar-refractivity contribution in [3.63, 3.8) is 0 Å². The van der Waals surface area contributed by atoms with Crippen LogP contribution in [-0.4, -0.2) is 21.2 Å². The Morgan fingerprint density at radius 3 is 2.48 bits per heavy atom. The second kappa shape index (κ2) is 8.87. The Labute approximate surface area is 184 Å². The topological polar surface area (TPSA) is 64.0 Å². The lowest BCUT2D eigenvalue weighted by atomic mass is 10.2. The minimum Gasteiger partial charge on any atom is -0.324 e. The Kier molecular flexibility index (Phi) is 6.01. The number of hydrogen-bond donors (Lipinski definition) is 1. The summed E-state index contributed by atoms with van der Waals surface area (Å²) in [6.07, 6.45) is 0. The number of benzene rings is 3. The lowest BCUT2D eigenvalue weighted by Crippen LogP contribution is -2.23. The quantitative estimate of drug-likeness (QED) is 0.336. The van der Waals surface area contributed by atoms with E-state index in [0.29, 0.717) is 16.6 Å². The van der Waals surface area contributed by atoms with Gasteiger partial charge in [-0.05, 0) is 54.6 Å². The molecule has 0 aliphatic heterocycles. The van der Waals surface area contributed by atoms with Gasteiger partial charge in [-0.1, -0.05) is 35.5 Å². The Balaban J connectivity index is 1.66. The van der Waals surface area contributed by atoms with Crippen LogP contribution in [0.5, 0.6) is 0 Å². The van der Waals surface area contributed by atoms with Crippen molar-refractivity contribution in [2.45, 2.75) is 5.16 Å². The molecule has 0 radical (unpaired) electrons. The summed E-state index contributed by atoms with van der Waals surface area (Å²) >= 11 is 6.99. The van der Waals surface area contributed by atoms with Gasteiger partial charge in [0.25, 0.3) is 5.56 Å². The third-order valence-corrected chi connectivity index (χ3v) is 5.62. The lowest BCUT2D eigenvalue weighted by molar-refractivity contribution is -0.113. The van der Waals surface area contributed by atoms with E-state index in [4.69, 9.17) is 11.6 Å². The molecule has 0 bridgehead atoms. The molecule has 4 rings (SSSR count). The summed E-state index contributed by atoms with van der Waals surface area (Å²) in [6, 6.07) is 15.9. The zero-order valence-corrected chi connectivity index (χ0v) is 17.4. The molecule has 0 saturated heterocycles. The maximum Gasteiger partial charge on any atom is 0.266 e. The number of anilines is 1. The van der Waals surface area contributed by atoms with Crippen molar-refractivity contribution in [2.24, 2.45) is 0 Å². The molecule has 0 spiro atoms. The second-order valence-electron chi connectivity index (χ2n) is 6.49. The Morgan fingerprint density at radius 2 is 1.74 bits per heavy atom. The monoisotopic (exact) mass is 457 g/mol. The molecule has 156 valence electrons. The number of amides is 1. The van der Waals surface area contributed by atoms with E-state index in [2.05, 4.69) is 10.3 Å². The van der Waals surface area contributed by atoms with Crippen molar-refractivity contribution in [3.05, 3.63) is 93.7 Å². The highest BCUT2D eigenvalue weighted by molar-refractivity contribution is 7.99. The Hall–Kier alpha value is -3.23. The third kappa shape index (κ3) is 4.60. The fraction of sp³-hybridized carbons (Fsp3) is 0.0455. The van der Waals surface area contributed by atoms with E-state index >= 15 is 0 Å². The van der Waals surface area contributed by atoms with E-state index in [1.165, 1.54) is 41.0 Å². The number of aromatic nitrogens is 2. The molecule has 4 aromatic rings. The van der Waals surface area contributed by atoms with E-state index in [9.17, 15) is 18.4 Å². The molecule has 3 aromatic carbocycles. The van der Waals surface area contributed by atoms with E-state index in [0.717, 1.165) is 17.8 Å². The summed E-state index contributed by atoms with van der Waals surface area (Å²) in [6.45, 7) is 0. The number of hydrogen-bond acceptors (Lipinski definition) is 4. The highest BCUT2D eigenvalue weighted by Crippen LogP contribution is 2.24. The third-order valence-electron chi connectivity index (χ3n) is 4.37. The summed E-state index contributed by atoms with van der Waals surface area (Å²) < 4.78 is 27.9. The Morgan fingerprint density at radius 1 is 1.03 bits per heavy atom. The van der Waals surface area contributed by atoms with Crippen molar-refractivity contribution in [3.8, 4) is 5.69 Å². The number of para-hydroxylation sites is 1. The molecular formula is C22H14ClF2N3O2S. The van der Waals surface area contributed by atoms with Gasteiger partial charge in [0.2, 0.25) is 5.91 Å². The summed E-state index contributed by atoms with van der Waals surface area (Å²) in [5.41, 5.74) is 0.849. The number of nitrogens with one attached hydrogen (secondary N) is 1. The van der Waals surface area contributed by atoms with Crippen LogP contribution in [0.25, 0.3) is 16.6 Å². The van der Waals surface area contributed by atoms with Gasteiger partial charge in [0.15, 0.2) is 5.16 Å². The molecule has 0 saturated carbocycles. The number of thioether (sulfide) groups is 1. The molecule has 5 nitrogen and oxygen atoms in total. The number of fused-ring (bicyclic) bond motifs is 1. The first kappa shape index (κ1) is 21.0. The van der Waals surface area contributed by atoms with Crippen LogP contribution in [0.1, 0.15) is 0 Å². The van der Waals surface area contributed by atoms with Gasteiger partial charge in [0.05, 0.1) is 33.1 Å². The molecule has 0 fully saturated rings. The van der Waals surface area contributed by atoms with Crippen LogP contribution < -0.4 is 10.9 Å². The zero-order valence-electron chi connectivity index (χ0n) is 15.8. The van der Waals surface area contributed by atoms with E-state index < -0.39 is 17.5 Å². The SMILES string of the molecule is O=C(CSc1nc2ccccc2c(=O)n1-c1ccc(F)cc1)Nc1ccc(F)cc1Cl. The van der Waals surface area contributed by atoms with Gasteiger partial charge in [-0.25, -0.2) is 13.8 Å². The highest BCUT2D eigenvalue weighted by atomic mass is 35.5. The van der Waals surface area contributed by atoms with Crippen LogP contribution in [0, 0.1) is 11.6 Å². The first-order valence-corrected chi connectivity index (χ1v) is 10.4. The van der Waals surface area contributed by atoms with Gasteiger partial charge in [-0.2, -0.15) is 0 Å². The summed E-state index contributed by atoms with van der Waals surface area (Å²) in [5, 5.41) is 3.35. The van der Waals surface area contributed by atoms with Crippen LogP contribution in [0.4, 0.5) is 14.5 Å². The average Bonchev–Trinajstić information content (AvgIpc) is 2.75. The predicted molar refractivity (Wildman–Crippen MR) is 118 cm³/mol. The fourth-order valence-corrected chi connectivity index (χ4v) is 3.96. The number of halogens is 3. The summed E-state index contributed by atoms with van der Waals surface area (Å²) in [5.74, 6) is -1.44. The second-order valence-corrected chi connectivity index (χ2v) is 7.84. The Bertz CT molecular complexity index is 1340. The van der Waals surface area contributed by atoms with Gasteiger partial charge in [0, 0.05) is 0 Å². The molecule has 0 aliphatic carbocycles. The molecule has 0 atom stereocenters. The van der Waals surface area contributed by atoms with E-state index in [-0.39, 0.29) is 27.2 Å². The fourth-order valence-electron chi connectivity index (χ4n) is 2.93. The molecule has 0 aliphatic rings. The first-order chi connectivity index (χ1) is 14.9. The van der Waals surface area contributed by atoms with Crippen LogP contribution in [0.2, 0.25) is 5.02 Å². The van der Waals surface area contributed by atoms with E-state index in [1.54, 1.807) is 24.3 Å². The van der Waals surface area contributed by atoms with Crippen molar-refractivity contribution >= 4 is 45.9 Å². The number of rotatable bonds is 5. The van der Waals surface area contributed by atoms with Crippen molar-refractivity contribution in [1.29, 1.82) is 0 Å². The molecule has 31 heavy (non-hydrogen) atoms. The predicted octanol–water partition coefficient (Wildman–Crippen LogP) is 5.05. The number of nitrogens with zero attached hydrogens (tertiary/aromatic N) is 2. The maximum absolute atomic E-state index is 13.4.